The van der Waals surface area contributed by atoms with Gasteiger partial charge < -0.3 is 9.47 Å². The van der Waals surface area contributed by atoms with E-state index >= 15 is 0 Å². The highest BCUT2D eigenvalue weighted by Gasteiger charge is 2.20. The second kappa shape index (κ2) is 5.97. The summed E-state index contributed by atoms with van der Waals surface area (Å²) in [5, 5.41) is 0.633. The third kappa shape index (κ3) is 2.63. The van der Waals surface area contributed by atoms with Crippen molar-refractivity contribution in [2.24, 2.45) is 0 Å². The first-order valence-electron chi connectivity index (χ1n) is 6.10. The topological polar surface area (TPSA) is 35.5 Å². The van der Waals surface area contributed by atoms with E-state index in [0.29, 0.717) is 27.6 Å². The summed E-state index contributed by atoms with van der Waals surface area (Å²) < 4.78 is 10.5. The lowest BCUT2D eigenvalue weighted by Crippen LogP contribution is -2.06. The lowest BCUT2D eigenvalue weighted by Gasteiger charge is -2.12. The molecule has 2 aromatic rings. The molecule has 0 aliphatic heterocycles. The van der Waals surface area contributed by atoms with Crippen LogP contribution in [0.1, 0.15) is 21.5 Å². The summed E-state index contributed by atoms with van der Waals surface area (Å²) in [5.41, 5.74) is 1.82. The van der Waals surface area contributed by atoms with Crippen molar-refractivity contribution in [2.75, 3.05) is 14.2 Å². The Morgan fingerprint density at radius 2 is 1.65 bits per heavy atom. The summed E-state index contributed by atoms with van der Waals surface area (Å²) in [5.74, 6) is 0.822. The summed E-state index contributed by atoms with van der Waals surface area (Å²) >= 11 is 5.99. The number of rotatable bonds is 4. The molecule has 3 nitrogen and oxygen atoms in total. The zero-order valence-corrected chi connectivity index (χ0v) is 12.3. The van der Waals surface area contributed by atoms with E-state index in [-0.39, 0.29) is 5.78 Å². The van der Waals surface area contributed by atoms with Crippen molar-refractivity contribution >= 4 is 17.4 Å². The second-order valence-corrected chi connectivity index (χ2v) is 4.74. The Labute approximate surface area is 123 Å². The first-order chi connectivity index (χ1) is 9.58. The van der Waals surface area contributed by atoms with Crippen LogP contribution in [0.25, 0.3) is 0 Å². The van der Waals surface area contributed by atoms with Crippen molar-refractivity contribution in [3.05, 3.63) is 58.1 Å². The maximum Gasteiger partial charge on any atom is 0.200 e. The van der Waals surface area contributed by atoms with Crippen LogP contribution in [-0.2, 0) is 0 Å². The lowest BCUT2D eigenvalue weighted by molar-refractivity contribution is 0.103. The molecule has 20 heavy (non-hydrogen) atoms. The Kier molecular flexibility index (Phi) is 4.30. The van der Waals surface area contributed by atoms with Gasteiger partial charge in [0.2, 0.25) is 5.78 Å². The standard InChI is InChI=1S/C16H15ClO3/c1-10-9-11(7-8-12(10)17)16(18)15-13(19-2)5-4-6-14(15)20-3/h4-9H,1-3H3. The van der Waals surface area contributed by atoms with E-state index in [1.54, 1.807) is 36.4 Å². The largest absolute Gasteiger partial charge is 0.496 e. The van der Waals surface area contributed by atoms with Crippen molar-refractivity contribution < 1.29 is 14.3 Å². The number of halogens is 1. The molecule has 0 bridgehead atoms. The number of methoxy groups -OCH3 is 2. The van der Waals surface area contributed by atoms with Gasteiger partial charge in [0, 0.05) is 10.6 Å². The maximum atomic E-state index is 12.7. The number of hydrogen-bond donors (Lipinski definition) is 0. The normalized spacial score (nSPS) is 10.2. The average Bonchev–Trinajstić information content (AvgIpc) is 2.48. The molecule has 0 saturated heterocycles. The van der Waals surface area contributed by atoms with E-state index < -0.39 is 0 Å². The Bertz CT molecular complexity index is 628. The van der Waals surface area contributed by atoms with Gasteiger partial charge in [0.25, 0.3) is 0 Å². The van der Waals surface area contributed by atoms with E-state index in [0.717, 1.165) is 5.56 Å². The van der Waals surface area contributed by atoms with Crippen molar-refractivity contribution in [2.45, 2.75) is 6.92 Å². The molecule has 4 heteroatoms. The Morgan fingerprint density at radius 1 is 1.05 bits per heavy atom. The lowest BCUT2D eigenvalue weighted by atomic mass is 10.00. The predicted molar refractivity (Wildman–Crippen MR) is 79.2 cm³/mol. The minimum Gasteiger partial charge on any atom is -0.496 e. The summed E-state index contributed by atoms with van der Waals surface area (Å²) in [6.45, 7) is 1.86. The molecule has 2 rings (SSSR count). The minimum absolute atomic E-state index is 0.154. The van der Waals surface area contributed by atoms with Gasteiger partial charge in [0.05, 0.1) is 14.2 Å². The second-order valence-electron chi connectivity index (χ2n) is 4.33. The van der Waals surface area contributed by atoms with Crippen LogP contribution < -0.4 is 9.47 Å². The van der Waals surface area contributed by atoms with Gasteiger partial charge in [-0.2, -0.15) is 0 Å². The maximum absolute atomic E-state index is 12.7. The molecular weight excluding hydrogens is 276 g/mol. The Balaban J connectivity index is 2.55. The zero-order chi connectivity index (χ0) is 14.7. The third-order valence-corrected chi connectivity index (χ3v) is 3.50. The van der Waals surface area contributed by atoms with Crippen LogP contribution in [0, 0.1) is 6.92 Å². The van der Waals surface area contributed by atoms with Gasteiger partial charge in [0.1, 0.15) is 17.1 Å². The Morgan fingerprint density at radius 3 is 2.15 bits per heavy atom. The molecule has 0 aliphatic rings. The molecule has 104 valence electrons. The number of aryl methyl sites for hydroxylation is 1. The molecule has 0 N–H and O–H groups in total. The van der Waals surface area contributed by atoms with Gasteiger partial charge >= 0.3 is 0 Å². The first-order valence-corrected chi connectivity index (χ1v) is 6.48. The fourth-order valence-corrected chi connectivity index (χ4v) is 2.12. The van der Waals surface area contributed by atoms with Gasteiger partial charge in [-0.25, -0.2) is 0 Å². The van der Waals surface area contributed by atoms with E-state index in [2.05, 4.69) is 0 Å². The highest BCUT2D eigenvalue weighted by molar-refractivity contribution is 6.31. The van der Waals surface area contributed by atoms with E-state index in [1.165, 1.54) is 14.2 Å². The van der Waals surface area contributed by atoms with Crippen LogP contribution in [0.15, 0.2) is 36.4 Å². The number of carbonyl (C=O) groups excluding carboxylic acids is 1. The van der Waals surface area contributed by atoms with E-state index in [4.69, 9.17) is 21.1 Å². The highest BCUT2D eigenvalue weighted by atomic mass is 35.5. The number of ketones is 1. The molecule has 0 atom stereocenters. The molecular formula is C16H15ClO3. The highest BCUT2D eigenvalue weighted by Crippen LogP contribution is 2.31. The van der Waals surface area contributed by atoms with Gasteiger partial charge in [0.15, 0.2) is 0 Å². The van der Waals surface area contributed by atoms with Crippen molar-refractivity contribution in [1.29, 1.82) is 0 Å². The van der Waals surface area contributed by atoms with Crippen LogP contribution in [0.3, 0.4) is 0 Å². The predicted octanol–water partition coefficient (Wildman–Crippen LogP) is 3.90. The van der Waals surface area contributed by atoms with Crippen molar-refractivity contribution in [1.82, 2.24) is 0 Å². The molecule has 0 saturated carbocycles. The number of benzene rings is 2. The average molecular weight is 291 g/mol. The summed E-state index contributed by atoms with van der Waals surface area (Å²) in [7, 11) is 3.05. The van der Waals surface area contributed by atoms with Crippen LogP contribution in [0.4, 0.5) is 0 Å². The monoisotopic (exact) mass is 290 g/mol. The molecule has 0 aliphatic carbocycles. The Hall–Kier alpha value is -2.00. The first kappa shape index (κ1) is 14.4. The SMILES string of the molecule is COc1cccc(OC)c1C(=O)c1ccc(Cl)c(C)c1. The quantitative estimate of drug-likeness (QED) is 0.801. The molecule has 0 spiro atoms. The van der Waals surface area contributed by atoms with E-state index in [9.17, 15) is 4.79 Å². The van der Waals surface area contributed by atoms with E-state index in [1.807, 2.05) is 6.92 Å². The number of ether oxygens (including phenoxy) is 2. The molecule has 0 heterocycles. The smallest absolute Gasteiger partial charge is 0.200 e. The third-order valence-electron chi connectivity index (χ3n) is 3.08. The van der Waals surface area contributed by atoms with Gasteiger partial charge in [-0.1, -0.05) is 17.7 Å². The van der Waals surface area contributed by atoms with Crippen LogP contribution >= 0.6 is 11.6 Å². The molecule has 2 aromatic carbocycles. The zero-order valence-electron chi connectivity index (χ0n) is 11.6. The van der Waals surface area contributed by atoms with Crippen molar-refractivity contribution in [3.63, 3.8) is 0 Å². The van der Waals surface area contributed by atoms with Gasteiger partial charge in [-0.15, -0.1) is 0 Å². The summed E-state index contributed by atoms with van der Waals surface area (Å²) in [4.78, 5) is 12.7. The minimum atomic E-state index is -0.154. The van der Waals surface area contributed by atoms with Crippen LogP contribution in [-0.4, -0.2) is 20.0 Å². The molecule has 0 unspecified atom stereocenters. The summed E-state index contributed by atoms with van der Waals surface area (Å²) in [6.07, 6.45) is 0. The fraction of sp³-hybridized carbons (Fsp3) is 0.188. The number of hydrogen-bond acceptors (Lipinski definition) is 3. The molecule has 0 radical (unpaired) electrons. The van der Waals surface area contributed by atoms with Gasteiger partial charge in [-0.3, -0.25) is 4.79 Å². The van der Waals surface area contributed by atoms with Crippen LogP contribution in [0.2, 0.25) is 5.02 Å². The van der Waals surface area contributed by atoms with Crippen molar-refractivity contribution in [3.8, 4) is 11.5 Å². The fourth-order valence-electron chi connectivity index (χ4n) is 2.01. The molecule has 0 aromatic heterocycles. The number of carbonyl (C=O) groups is 1. The molecule has 0 amide bonds. The molecule has 0 fully saturated rings. The van der Waals surface area contributed by atoms with Crippen LogP contribution in [0.5, 0.6) is 11.5 Å². The van der Waals surface area contributed by atoms with Gasteiger partial charge in [-0.05, 0) is 42.8 Å². The summed E-state index contributed by atoms with van der Waals surface area (Å²) in [6, 6.07) is 10.4.